The van der Waals surface area contributed by atoms with E-state index in [1.54, 1.807) is 0 Å². The third-order valence-electron chi connectivity index (χ3n) is 4.18. The Balaban J connectivity index is 1.94. The quantitative estimate of drug-likeness (QED) is 0.666. The van der Waals surface area contributed by atoms with Gasteiger partial charge < -0.3 is 14.2 Å². The molecule has 114 valence electrons. The smallest absolute Gasteiger partial charge is 0.192 e. The molecule has 1 fully saturated rings. The molecule has 3 aromatic rings. The zero-order valence-corrected chi connectivity index (χ0v) is 14.2. The second-order valence-electron chi connectivity index (χ2n) is 5.80. The highest BCUT2D eigenvalue weighted by molar-refractivity contribution is 9.10. The van der Waals surface area contributed by atoms with Crippen molar-refractivity contribution in [3.8, 4) is 0 Å². The first-order valence-corrected chi connectivity index (χ1v) is 8.21. The van der Waals surface area contributed by atoms with Crippen molar-refractivity contribution in [2.45, 2.75) is 6.92 Å². The Morgan fingerprint density at radius 1 is 1.14 bits per heavy atom. The Morgan fingerprint density at radius 2 is 1.91 bits per heavy atom. The van der Waals surface area contributed by atoms with Crippen molar-refractivity contribution in [3.05, 3.63) is 28.6 Å². The molecule has 0 spiro atoms. The van der Waals surface area contributed by atoms with Crippen LogP contribution in [0.25, 0.3) is 22.0 Å². The minimum atomic E-state index is 0.680. The van der Waals surface area contributed by atoms with Gasteiger partial charge in [-0.2, -0.15) is 0 Å². The van der Waals surface area contributed by atoms with Gasteiger partial charge in [-0.1, -0.05) is 15.9 Å². The number of nitrogens with zero attached hydrogens (tertiary/aromatic N) is 4. The highest BCUT2D eigenvalue weighted by atomic mass is 79.9. The van der Waals surface area contributed by atoms with Gasteiger partial charge in [0.1, 0.15) is 0 Å². The van der Waals surface area contributed by atoms with Crippen LogP contribution >= 0.6 is 15.9 Å². The Labute approximate surface area is 137 Å². The maximum Gasteiger partial charge on any atom is 0.192 e. The van der Waals surface area contributed by atoms with Crippen LogP contribution in [0.3, 0.4) is 0 Å². The third kappa shape index (κ3) is 2.27. The summed E-state index contributed by atoms with van der Waals surface area (Å²) in [6.07, 6.45) is 0. The second-order valence-corrected chi connectivity index (χ2v) is 6.71. The van der Waals surface area contributed by atoms with Gasteiger partial charge in [-0.25, -0.2) is 9.97 Å². The SMILES string of the molecule is Cc1nc2c(N3CCN(C)CC3)nc3ccc(Br)cc3c2o1. The van der Waals surface area contributed by atoms with Crippen LogP contribution in [0.4, 0.5) is 5.82 Å². The number of aryl methyl sites for hydroxylation is 1. The maximum atomic E-state index is 5.88. The van der Waals surface area contributed by atoms with Crippen molar-refractivity contribution >= 4 is 43.8 Å². The van der Waals surface area contributed by atoms with Crippen LogP contribution in [-0.4, -0.2) is 48.1 Å². The minimum Gasteiger partial charge on any atom is -0.440 e. The summed E-state index contributed by atoms with van der Waals surface area (Å²) in [6.45, 7) is 5.90. The minimum absolute atomic E-state index is 0.680. The number of fused-ring (bicyclic) bond motifs is 3. The molecule has 3 heterocycles. The van der Waals surface area contributed by atoms with Crippen molar-refractivity contribution in [3.63, 3.8) is 0 Å². The molecule has 0 N–H and O–H groups in total. The summed E-state index contributed by atoms with van der Waals surface area (Å²) in [5.41, 5.74) is 2.64. The van der Waals surface area contributed by atoms with Crippen LogP contribution in [0.1, 0.15) is 5.89 Å². The molecule has 1 aliphatic heterocycles. The third-order valence-corrected chi connectivity index (χ3v) is 4.67. The monoisotopic (exact) mass is 360 g/mol. The summed E-state index contributed by atoms with van der Waals surface area (Å²) < 4.78 is 6.90. The number of aromatic nitrogens is 2. The molecule has 4 rings (SSSR count). The first-order chi connectivity index (χ1) is 10.6. The summed E-state index contributed by atoms with van der Waals surface area (Å²) in [6, 6.07) is 6.08. The van der Waals surface area contributed by atoms with Crippen LogP contribution in [0.15, 0.2) is 27.1 Å². The maximum absolute atomic E-state index is 5.88. The number of piperazine rings is 1. The number of rotatable bonds is 1. The Morgan fingerprint density at radius 3 is 2.68 bits per heavy atom. The van der Waals surface area contributed by atoms with E-state index in [0.717, 1.165) is 58.5 Å². The number of anilines is 1. The molecule has 1 aliphatic rings. The number of benzene rings is 1. The van der Waals surface area contributed by atoms with E-state index in [2.05, 4.69) is 37.8 Å². The van der Waals surface area contributed by atoms with E-state index >= 15 is 0 Å². The molecule has 1 aromatic carbocycles. The fourth-order valence-corrected chi connectivity index (χ4v) is 3.32. The summed E-state index contributed by atoms with van der Waals surface area (Å²) in [5.74, 6) is 1.62. The first-order valence-electron chi connectivity index (χ1n) is 7.42. The molecular weight excluding hydrogens is 344 g/mol. The van der Waals surface area contributed by atoms with E-state index < -0.39 is 0 Å². The Kier molecular flexibility index (Phi) is 3.31. The van der Waals surface area contributed by atoms with Gasteiger partial charge in [-0.3, -0.25) is 0 Å². The van der Waals surface area contributed by atoms with Crippen LogP contribution in [0.2, 0.25) is 0 Å². The fourth-order valence-electron chi connectivity index (χ4n) is 2.95. The zero-order valence-electron chi connectivity index (χ0n) is 12.6. The van der Waals surface area contributed by atoms with Crippen molar-refractivity contribution in [1.82, 2.24) is 14.9 Å². The van der Waals surface area contributed by atoms with E-state index in [1.165, 1.54) is 0 Å². The van der Waals surface area contributed by atoms with Crippen LogP contribution in [0.5, 0.6) is 0 Å². The molecule has 0 radical (unpaired) electrons. The van der Waals surface area contributed by atoms with Crippen LogP contribution in [-0.2, 0) is 0 Å². The molecule has 0 aliphatic carbocycles. The average molecular weight is 361 g/mol. The van der Waals surface area contributed by atoms with E-state index in [9.17, 15) is 0 Å². The predicted octanol–water partition coefficient (Wildman–Crippen LogP) is 3.20. The molecule has 0 unspecified atom stereocenters. The molecule has 22 heavy (non-hydrogen) atoms. The lowest BCUT2D eigenvalue weighted by Gasteiger charge is -2.33. The highest BCUT2D eigenvalue weighted by Gasteiger charge is 2.22. The summed E-state index contributed by atoms with van der Waals surface area (Å²) in [4.78, 5) is 14.1. The Hall–Kier alpha value is -1.66. The lowest BCUT2D eigenvalue weighted by atomic mass is 10.2. The lowest BCUT2D eigenvalue weighted by molar-refractivity contribution is 0.312. The van der Waals surface area contributed by atoms with Crippen LogP contribution < -0.4 is 4.90 Å². The molecule has 5 nitrogen and oxygen atoms in total. The molecule has 1 saturated heterocycles. The van der Waals surface area contributed by atoms with Crippen molar-refractivity contribution in [2.75, 3.05) is 38.1 Å². The number of oxazole rings is 1. The van der Waals surface area contributed by atoms with E-state index in [1.807, 2.05) is 25.1 Å². The molecular formula is C16H17BrN4O. The van der Waals surface area contributed by atoms with Gasteiger partial charge >= 0.3 is 0 Å². The van der Waals surface area contributed by atoms with Gasteiger partial charge in [-0.15, -0.1) is 0 Å². The van der Waals surface area contributed by atoms with Crippen molar-refractivity contribution in [1.29, 1.82) is 0 Å². The fraction of sp³-hybridized carbons (Fsp3) is 0.375. The first kappa shape index (κ1) is 14.0. The standard InChI is InChI=1S/C16H17BrN4O/c1-10-18-14-15(22-10)12-9-11(17)3-4-13(12)19-16(14)21-7-5-20(2)6-8-21/h3-4,9H,5-8H2,1-2H3. The number of pyridine rings is 1. The number of halogens is 1. The normalized spacial score (nSPS) is 16.8. The number of hydrogen-bond donors (Lipinski definition) is 0. The highest BCUT2D eigenvalue weighted by Crippen LogP contribution is 2.33. The zero-order chi connectivity index (χ0) is 15.3. The van der Waals surface area contributed by atoms with E-state index in [4.69, 9.17) is 9.40 Å². The van der Waals surface area contributed by atoms with Gasteiger partial charge in [0, 0.05) is 43.0 Å². The molecule has 0 amide bonds. The largest absolute Gasteiger partial charge is 0.440 e. The predicted molar refractivity (Wildman–Crippen MR) is 91.5 cm³/mol. The summed E-state index contributed by atoms with van der Waals surface area (Å²) in [5, 5.41) is 1.00. The van der Waals surface area contributed by atoms with Crippen molar-refractivity contribution < 1.29 is 4.42 Å². The Bertz CT molecular complexity index is 852. The summed E-state index contributed by atoms with van der Waals surface area (Å²) >= 11 is 3.52. The van der Waals surface area contributed by atoms with Crippen molar-refractivity contribution in [2.24, 2.45) is 0 Å². The van der Waals surface area contributed by atoms with Gasteiger partial charge in [0.25, 0.3) is 0 Å². The van der Waals surface area contributed by atoms with Gasteiger partial charge in [0.05, 0.1) is 5.52 Å². The topological polar surface area (TPSA) is 45.4 Å². The molecule has 0 bridgehead atoms. The number of hydrogen-bond acceptors (Lipinski definition) is 5. The average Bonchev–Trinajstić information content (AvgIpc) is 2.89. The van der Waals surface area contributed by atoms with Crippen LogP contribution in [0, 0.1) is 6.92 Å². The van der Waals surface area contributed by atoms with Gasteiger partial charge in [0.15, 0.2) is 22.8 Å². The number of likely N-dealkylation sites (N-methyl/N-ethyl adjacent to an activating group) is 1. The van der Waals surface area contributed by atoms with E-state index in [0.29, 0.717) is 5.89 Å². The molecule has 0 saturated carbocycles. The van der Waals surface area contributed by atoms with Gasteiger partial charge in [-0.05, 0) is 25.2 Å². The summed E-state index contributed by atoms with van der Waals surface area (Å²) in [7, 11) is 2.15. The lowest BCUT2D eigenvalue weighted by Crippen LogP contribution is -2.44. The van der Waals surface area contributed by atoms with E-state index in [-0.39, 0.29) is 0 Å². The second kappa shape index (κ2) is 5.21. The van der Waals surface area contributed by atoms with Gasteiger partial charge in [0.2, 0.25) is 0 Å². The molecule has 6 heteroatoms. The molecule has 0 atom stereocenters. The molecule has 2 aromatic heterocycles.